The van der Waals surface area contributed by atoms with Gasteiger partial charge in [0.2, 0.25) is 11.8 Å². The number of hydrogen-bond donors (Lipinski definition) is 2. The highest BCUT2D eigenvalue weighted by Crippen LogP contribution is 2.26. The van der Waals surface area contributed by atoms with Crippen LogP contribution in [0.2, 0.25) is 0 Å². The number of hydrogen-bond acceptors (Lipinski definition) is 3. The summed E-state index contributed by atoms with van der Waals surface area (Å²) in [4.78, 5) is 25.0. The Labute approximate surface area is 131 Å². The van der Waals surface area contributed by atoms with E-state index in [4.69, 9.17) is 5.73 Å². The van der Waals surface area contributed by atoms with Crippen molar-refractivity contribution in [1.29, 1.82) is 0 Å². The van der Waals surface area contributed by atoms with Crippen molar-refractivity contribution in [2.24, 2.45) is 5.73 Å². The largest absolute Gasteiger partial charge is 0.345 e. The molecule has 3 N–H and O–H groups in total. The number of carbonyl (C=O) groups excluding carboxylic acids is 2. The van der Waals surface area contributed by atoms with Gasteiger partial charge in [-0.05, 0) is 12.5 Å². The lowest BCUT2D eigenvalue weighted by Crippen LogP contribution is -2.46. The second kappa shape index (κ2) is 7.43. The van der Waals surface area contributed by atoms with Gasteiger partial charge in [-0.3, -0.25) is 9.59 Å². The average Bonchev–Trinajstić information content (AvgIpc) is 2.80. The highest BCUT2D eigenvalue weighted by Gasteiger charge is 2.35. The Morgan fingerprint density at radius 3 is 2.48 bits per heavy atom. The van der Waals surface area contributed by atoms with Gasteiger partial charge in [0, 0.05) is 32.0 Å². The van der Waals surface area contributed by atoms with Crippen LogP contribution in [-0.2, 0) is 9.59 Å². The molecule has 3 atom stereocenters. The minimum atomic E-state index is -0.505. The third-order valence-corrected chi connectivity index (χ3v) is 3.69. The molecule has 1 aliphatic rings. The lowest BCUT2D eigenvalue weighted by molar-refractivity contribution is -0.134. The van der Waals surface area contributed by atoms with Gasteiger partial charge >= 0.3 is 0 Å². The van der Waals surface area contributed by atoms with Crippen LogP contribution in [0, 0.1) is 0 Å². The molecule has 0 bridgehead atoms. The Morgan fingerprint density at radius 1 is 1.29 bits per heavy atom. The van der Waals surface area contributed by atoms with Crippen molar-refractivity contribution < 1.29 is 9.59 Å². The molecule has 0 aliphatic carbocycles. The summed E-state index contributed by atoms with van der Waals surface area (Å²) in [7, 11) is 0. The zero-order chi connectivity index (χ0) is 14.7. The first-order valence-corrected chi connectivity index (χ1v) is 6.85. The molecule has 0 radical (unpaired) electrons. The maximum Gasteiger partial charge on any atom is 0.244 e. The van der Waals surface area contributed by atoms with Crippen molar-refractivity contribution in [2.75, 3.05) is 13.1 Å². The van der Waals surface area contributed by atoms with Gasteiger partial charge in [0.15, 0.2) is 0 Å². The zero-order valence-corrected chi connectivity index (χ0v) is 13.1. The minimum Gasteiger partial charge on any atom is -0.345 e. The first-order valence-electron chi connectivity index (χ1n) is 6.85. The van der Waals surface area contributed by atoms with Gasteiger partial charge in [-0.2, -0.15) is 0 Å². The van der Waals surface area contributed by atoms with E-state index in [0.717, 1.165) is 5.56 Å². The molecular weight excluding hydrogens is 290 g/mol. The van der Waals surface area contributed by atoms with Crippen LogP contribution in [0.1, 0.15) is 25.3 Å². The molecule has 0 spiro atoms. The summed E-state index contributed by atoms with van der Waals surface area (Å²) in [6.07, 6.45) is 0. The number of nitrogens with two attached hydrogens (primary N) is 1. The van der Waals surface area contributed by atoms with Gasteiger partial charge < -0.3 is 16.0 Å². The van der Waals surface area contributed by atoms with Gasteiger partial charge in [0.05, 0.1) is 0 Å². The number of rotatable bonds is 3. The standard InChI is InChI=1S/C15H21N3O2.ClH/c1-10(17-11(2)19)15(20)18-8-13(14(16)9-18)12-6-4-3-5-7-12;/h3-7,10,13-14H,8-9,16H2,1-2H3,(H,17,19);1H/t10?,13-,14+;/m0./s1. The van der Waals surface area contributed by atoms with E-state index in [0.29, 0.717) is 13.1 Å². The molecule has 1 heterocycles. The highest BCUT2D eigenvalue weighted by atomic mass is 35.5. The van der Waals surface area contributed by atoms with Crippen LogP contribution in [0.25, 0.3) is 0 Å². The summed E-state index contributed by atoms with van der Waals surface area (Å²) >= 11 is 0. The first kappa shape index (κ1) is 17.5. The van der Waals surface area contributed by atoms with Gasteiger partial charge in [-0.1, -0.05) is 30.3 Å². The number of nitrogens with zero attached hydrogens (tertiary/aromatic N) is 1. The molecular formula is C15H22ClN3O2. The van der Waals surface area contributed by atoms with E-state index >= 15 is 0 Å². The highest BCUT2D eigenvalue weighted by molar-refractivity contribution is 5.86. The minimum absolute atomic E-state index is 0. The van der Waals surface area contributed by atoms with Crippen molar-refractivity contribution in [3.8, 4) is 0 Å². The van der Waals surface area contributed by atoms with Crippen molar-refractivity contribution in [2.45, 2.75) is 31.8 Å². The van der Waals surface area contributed by atoms with Crippen molar-refractivity contribution in [1.82, 2.24) is 10.2 Å². The van der Waals surface area contributed by atoms with Crippen LogP contribution in [0.5, 0.6) is 0 Å². The van der Waals surface area contributed by atoms with Gasteiger partial charge in [0.25, 0.3) is 0 Å². The fourth-order valence-electron chi connectivity index (χ4n) is 2.70. The number of amides is 2. The molecule has 1 aromatic carbocycles. The normalized spacial score (nSPS) is 22.3. The predicted octanol–water partition coefficient (Wildman–Crippen LogP) is 0.886. The molecule has 0 saturated carbocycles. The topological polar surface area (TPSA) is 75.4 Å². The lowest BCUT2D eigenvalue weighted by Gasteiger charge is -2.21. The monoisotopic (exact) mass is 311 g/mol. The molecule has 116 valence electrons. The van der Waals surface area contributed by atoms with Crippen LogP contribution in [-0.4, -0.2) is 41.9 Å². The molecule has 5 nitrogen and oxygen atoms in total. The molecule has 21 heavy (non-hydrogen) atoms. The first-order chi connectivity index (χ1) is 9.49. The Hall–Kier alpha value is -1.59. The fraction of sp³-hybridized carbons (Fsp3) is 0.467. The Balaban J connectivity index is 0.00000220. The van der Waals surface area contributed by atoms with E-state index in [1.807, 2.05) is 30.3 Å². The van der Waals surface area contributed by atoms with Crippen LogP contribution < -0.4 is 11.1 Å². The van der Waals surface area contributed by atoms with Gasteiger partial charge in [-0.25, -0.2) is 0 Å². The van der Waals surface area contributed by atoms with E-state index in [1.165, 1.54) is 6.92 Å². The van der Waals surface area contributed by atoms with E-state index < -0.39 is 6.04 Å². The van der Waals surface area contributed by atoms with Crippen molar-refractivity contribution >= 4 is 24.2 Å². The lowest BCUT2D eigenvalue weighted by atomic mass is 9.95. The molecule has 1 fully saturated rings. The second-order valence-corrected chi connectivity index (χ2v) is 5.35. The van der Waals surface area contributed by atoms with Crippen LogP contribution in [0.3, 0.4) is 0 Å². The average molecular weight is 312 g/mol. The second-order valence-electron chi connectivity index (χ2n) is 5.35. The molecule has 0 aromatic heterocycles. The van der Waals surface area contributed by atoms with Gasteiger partial charge in [-0.15, -0.1) is 12.4 Å². The van der Waals surface area contributed by atoms with Gasteiger partial charge in [0.1, 0.15) is 6.04 Å². The maximum absolute atomic E-state index is 12.3. The smallest absolute Gasteiger partial charge is 0.244 e. The van der Waals surface area contributed by atoms with E-state index in [2.05, 4.69) is 5.32 Å². The zero-order valence-electron chi connectivity index (χ0n) is 12.3. The predicted molar refractivity (Wildman–Crippen MR) is 84.3 cm³/mol. The van der Waals surface area contributed by atoms with Crippen LogP contribution in [0.15, 0.2) is 30.3 Å². The maximum atomic E-state index is 12.3. The summed E-state index contributed by atoms with van der Waals surface area (Å²) in [5, 5.41) is 2.62. The summed E-state index contributed by atoms with van der Waals surface area (Å²) in [5.74, 6) is -0.118. The van der Waals surface area contributed by atoms with Crippen molar-refractivity contribution in [3.05, 3.63) is 35.9 Å². The number of benzene rings is 1. The third kappa shape index (κ3) is 4.19. The number of likely N-dealkylation sites (tertiary alicyclic amines) is 1. The SMILES string of the molecule is CC(=O)NC(C)C(=O)N1C[C@@H](N)[C@H](c2ccccc2)C1.Cl. The molecule has 1 aliphatic heterocycles. The number of carbonyl (C=O) groups is 2. The third-order valence-electron chi connectivity index (χ3n) is 3.69. The summed E-state index contributed by atoms with van der Waals surface area (Å²) < 4.78 is 0. The number of nitrogens with one attached hydrogen (secondary N) is 1. The van der Waals surface area contributed by atoms with Crippen molar-refractivity contribution in [3.63, 3.8) is 0 Å². The molecule has 6 heteroatoms. The van der Waals surface area contributed by atoms with E-state index in [1.54, 1.807) is 11.8 Å². The molecule has 2 amide bonds. The Morgan fingerprint density at radius 2 is 1.90 bits per heavy atom. The Kier molecular flexibility index (Phi) is 6.18. The Bertz CT molecular complexity index is 495. The van der Waals surface area contributed by atoms with E-state index in [-0.39, 0.29) is 36.2 Å². The van der Waals surface area contributed by atoms with Crippen LogP contribution in [0.4, 0.5) is 0 Å². The summed E-state index contributed by atoms with van der Waals surface area (Å²) in [6, 6.07) is 9.43. The van der Waals surface area contributed by atoms with E-state index in [9.17, 15) is 9.59 Å². The number of halogens is 1. The quantitative estimate of drug-likeness (QED) is 0.870. The van der Waals surface area contributed by atoms with Crippen LogP contribution >= 0.6 is 12.4 Å². The molecule has 1 aromatic rings. The fourth-order valence-corrected chi connectivity index (χ4v) is 2.70. The summed E-state index contributed by atoms with van der Waals surface area (Å²) in [6.45, 7) is 4.24. The molecule has 1 unspecified atom stereocenters. The summed E-state index contributed by atoms with van der Waals surface area (Å²) in [5.41, 5.74) is 7.31. The molecule has 2 rings (SSSR count). The molecule has 1 saturated heterocycles.